The lowest BCUT2D eigenvalue weighted by Crippen LogP contribution is -2.28. The van der Waals surface area contributed by atoms with Crippen LogP contribution in [0.4, 0.5) is 13.2 Å². The molecule has 2 nitrogen and oxygen atoms in total. The van der Waals surface area contributed by atoms with Gasteiger partial charge in [0.05, 0.1) is 17.7 Å². The average molecular weight is 254 g/mol. The van der Waals surface area contributed by atoms with E-state index < -0.39 is 11.7 Å². The van der Waals surface area contributed by atoms with Crippen molar-refractivity contribution in [3.8, 4) is 6.07 Å². The van der Waals surface area contributed by atoms with E-state index in [-0.39, 0.29) is 18.2 Å². The Morgan fingerprint density at radius 2 is 2.06 bits per heavy atom. The molecule has 0 aliphatic carbocycles. The van der Waals surface area contributed by atoms with Gasteiger partial charge >= 0.3 is 6.18 Å². The van der Waals surface area contributed by atoms with Crippen molar-refractivity contribution < 1.29 is 13.2 Å². The minimum absolute atomic E-state index is 0.188. The molecule has 1 unspecified atom stereocenters. The number of hydrogen-bond donors (Lipinski definition) is 0. The smallest absolute Gasteiger partial charge is 0.284 e. The van der Waals surface area contributed by atoms with Gasteiger partial charge in [0.1, 0.15) is 0 Å². The van der Waals surface area contributed by atoms with Crippen LogP contribution >= 0.6 is 0 Å². The summed E-state index contributed by atoms with van der Waals surface area (Å²) in [4.78, 5) is 1.81. The standard InChI is InChI=1S/C13H13F3N2/c14-13(15,16)12-6-2-1-4-10(12)9-18-7-3-5-11(18)8-17/h1-2,4,6,11H,3,5,7,9H2. The minimum atomic E-state index is -4.33. The van der Waals surface area contributed by atoms with Crippen LogP contribution in [0.1, 0.15) is 24.0 Å². The summed E-state index contributed by atoms with van der Waals surface area (Å²) < 4.78 is 38.5. The number of alkyl halides is 3. The van der Waals surface area contributed by atoms with Gasteiger partial charge in [-0.15, -0.1) is 0 Å². The number of nitriles is 1. The first-order valence-electron chi connectivity index (χ1n) is 5.81. The predicted octanol–water partition coefficient (Wildman–Crippen LogP) is 3.19. The molecule has 18 heavy (non-hydrogen) atoms. The highest BCUT2D eigenvalue weighted by molar-refractivity contribution is 5.29. The summed E-state index contributed by atoms with van der Waals surface area (Å²) in [5.41, 5.74) is -0.360. The Balaban J connectivity index is 2.22. The van der Waals surface area contributed by atoms with E-state index in [1.165, 1.54) is 12.1 Å². The molecule has 1 aliphatic rings. The fourth-order valence-corrected chi connectivity index (χ4v) is 2.32. The Labute approximate surface area is 104 Å². The third-order valence-electron chi connectivity index (χ3n) is 3.21. The molecule has 1 saturated heterocycles. The molecule has 1 aliphatic heterocycles. The van der Waals surface area contributed by atoms with E-state index in [1.807, 2.05) is 4.90 Å². The molecule has 5 heteroatoms. The largest absolute Gasteiger partial charge is 0.416 e. The maximum absolute atomic E-state index is 12.8. The molecule has 0 spiro atoms. The molecular weight excluding hydrogens is 241 g/mol. The van der Waals surface area contributed by atoms with Crippen molar-refractivity contribution in [1.29, 1.82) is 5.26 Å². The van der Waals surface area contributed by atoms with E-state index >= 15 is 0 Å². The molecule has 0 amide bonds. The Kier molecular flexibility index (Phi) is 3.58. The molecule has 1 heterocycles. The van der Waals surface area contributed by atoms with Gasteiger partial charge in [0.15, 0.2) is 0 Å². The summed E-state index contributed by atoms with van der Waals surface area (Å²) in [5.74, 6) is 0. The van der Waals surface area contributed by atoms with Gasteiger partial charge in [0.2, 0.25) is 0 Å². The van der Waals surface area contributed by atoms with Crippen LogP contribution in [0.25, 0.3) is 0 Å². The van der Waals surface area contributed by atoms with Gasteiger partial charge in [0.25, 0.3) is 0 Å². The van der Waals surface area contributed by atoms with E-state index in [2.05, 4.69) is 6.07 Å². The van der Waals surface area contributed by atoms with Gasteiger partial charge in [-0.25, -0.2) is 0 Å². The van der Waals surface area contributed by atoms with Crippen LogP contribution in [0.5, 0.6) is 0 Å². The van der Waals surface area contributed by atoms with Crippen LogP contribution in [0.3, 0.4) is 0 Å². The summed E-state index contributed by atoms with van der Waals surface area (Å²) in [6, 6.07) is 7.44. The third-order valence-corrected chi connectivity index (χ3v) is 3.21. The van der Waals surface area contributed by atoms with Crippen LogP contribution in [0.2, 0.25) is 0 Å². The minimum Gasteiger partial charge on any atom is -0.284 e. The number of hydrogen-bond acceptors (Lipinski definition) is 2. The molecule has 1 aromatic rings. The Morgan fingerprint density at radius 1 is 1.33 bits per heavy atom. The fourth-order valence-electron chi connectivity index (χ4n) is 2.32. The summed E-state index contributed by atoms with van der Waals surface area (Å²) >= 11 is 0. The van der Waals surface area contributed by atoms with E-state index in [4.69, 9.17) is 5.26 Å². The van der Waals surface area contributed by atoms with Crippen LogP contribution in [-0.2, 0) is 12.7 Å². The number of likely N-dealkylation sites (tertiary alicyclic amines) is 1. The normalized spacial score (nSPS) is 20.9. The lowest BCUT2D eigenvalue weighted by atomic mass is 10.1. The highest BCUT2D eigenvalue weighted by Gasteiger charge is 2.34. The third kappa shape index (κ3) is 2.65. The number of rotatable bonds is 2. The molecule has 0 bridgehead atoms. The first kappa shape index (κ1) is 12.9. The van der Waals surface area contributed by atoms with Gasteiger partial charge in [-0.3, -0.25) is 4.90 Å². The van der Waals surface area contributed by atoms with E-state index in [9.17, 15) is 13.2 Å². The van der Waals surface area contributed by atoms with E-state index in [1.54, 1.807) is 6.07 Å². The second-order valence-corrected chi connectivity index (χ2v) is 4.41. The number of halogens is 3. The predicted molar refractivity (Wildman–Crippen MR) is 60.5 cm³/mol. The highest BCUT2D eigenvalue weighted by atomic mass is 19.4. The molecule has 0 N–H and O–H groups in total. The summed E-state index contributed by atoms with van der Waals surface area (Å²) in [6.45, 7) is 0.873. The molecule has 1 atom stereocenters. The van der Waals surface area contributed by atoms with Crippen molar-refractivity contribution in [3.63, 3.8) is 0 Å². The van der Waals surface area contributed by atoms with Crippen molar-refractivity contribution >= 4 is 0 Å². The Morgan fingerprint density at radius 3 is 2.72 bits per heavy atom. The van der Waals surface area contributed by atoms with Crippen LogP contribution < -0.4 is 0 Å². The van der Waals surface area contributed by atoms with Crippen molar-refractivity contribution in [3.05, 3.63) is 35.4 Å². The molecule has 1 aromatic carbocycles. The van der Waals surface area contributed by atoms with Crippen LogP contribution in [-0.4, -0.2) is 17.5 Å². The monoisotopic (exact) mass is 254 g/mol. The van der Waals surface area contributed by atoms with Gasteiger partial charge in [-0.05, 0) is 31.0 Å². The van der Waals surface area contributed by atoms with Crippen molar-refractivity contribution in [2.75, 3.05) is 6.54 Å². The van der Waals surface area contributed by atoms with Gasteiger partial charge in [-0.2, -0.15) is 18.4 Å². The molecule has 1 fully saturated rings. The van der Waals surface area contributed by atoms with Gasteiger partial charge in [-0.1, -0.05) is 18.2 Å². The second-order valence-electron chi connectivity index (χ2n) is 4.41. The zero-order valence-corrected chi connectivity index (χ0v) is 9.74. The summed E-state index contributed by atoms with van der Waals surface area (Å²) in [7, 11) is 0. The zero-order valence-electron chi connectivity index (χ0n) is 9.74. The quantitative estimate of drug-likeness (QED) is 0.810. The lowest BCUT2D eigenvalue weighted by molar-refractivity contribution is -0.138. The maximum atomic E-state index is 12.8. The number of benzene rings is 1. The first-order chi connectivity index (χ1) is 8.52. The van der Waals surface area contributed by atoms with E-state index in [0.29, 0.717) is 6.54 Å². The fraction of sp³-hybridized carbons (Fsp3) is 0.462. The molecule has 0 saturated carbocycles. The molecular formula is C13H13F3N2. The molecule has 0 radical (unpaired) electrons. The highest BCUT2D eigenvalue weighted by Crippen LogP contribution is 2.33. The molecule has 96 valence electrons. The van der Waals surface area contributed by atoms with Crippen molar-refractivity contribution in [1.82, 2.24) is 4.90 Å². The maximum Gasteiger partial charge on any atom is 0.416 e. The first-order valence-corrected chi connectivity index (χ1v) is 5.81. The van der Waals surface area contributed by atoms with Gasteiger partial charge in [0, 0.05) is 6.54 Å². The van der Waals surface area contributed by atoms with Crippen molar-refractivity contribution in [2.45, 2.75) is 31.6 Å². The van der Waals surface area contributed by atoms with E-state index in [0.717, 1.165) is 18.9 Å². The van der Waals surface area contributed by atoms with Crippen LogP contribution in [0.15, 0.2) is 24.3 Å². The lowest BCUT2D eigenvalue weighted by Gasteiger charge is -2.21. The average Bonchev–Trinajstić information content (AvgIpc) is 2.75. The topological polar surface area (TPSA) is 27.0 Å². The van der Waals surface area contributed by atoms with Crippen molar-refractivity contribution in [2.24, 2.45) is 0 Å². The molecule has 2 rings (SSSR count). The second kappa shape index (κ2) is 4.99. The summed E-state index contributed by atoms with van der Waals surface area (Å²) in [6.07, 6.45) is -2.73. The Bertz CT molecular complexity index is 462. The number of nitrogens with zero attached hydrogens (tertiary/aromatic N) is 2. The van der Waals surface area contributed by atoms with Crippen LogP contribution in [0, 0.1) is 11.3 Å². The van der Waals surface area contributed by atoms with Gasteiger partial charge < -0.3 is 0 Å². The Hall–Kier alpha value is -1.54. The summed E-state index contributed by atoms with van der Waals surface area (Å²) in [5, 5.41) is 8.93. The SMILES string of the molecule is N#CC1CCCN1Cc1ccccc1C(F)(F)F. The molecule has 0 aromatic heterocycles. The zero-order chi connectivity index (χ0) is 13.2.